The summed E-state index contributed by atoms with van der Waals surface area (Å²) in [5, 5.41) is 25.5. The van der Waals surface area contributed by atoms with Gasteiger partial charge in [0.1, 0.15) is 5.75 Å². The Morgan fingerprint density at radius 2 is 1.85 bits per heavy atom. The molecule has 1 aromatic heterocycles. The monoisotopic (exact) mass is 450 g/mol. The molecule has 1 aliphatic carbocycles. The number of β-amino-alcohol motifs (C(OH)–C–C–N with tert-alkyl or cyclic N) is 1. The van der Waals surface area contributed by atoms with Gasteiger partial charge in [0.15, 0.2) is 0 Å². The summed E-state index contributed by atoms with van der Waals surface area (Å²) < 4.78 is 6.12. The maximum atomic E-state index is 11.7. The average molecular weight is 451 g/mol. The molecule has 0 aliphatic heterocycles. The minimum Gasteiger partial charge on any atom is -0.508 e. The number of aliphatic hydroxyl groups excluding tert-OH is 1. The van der Waals surface area contributed by atoms with Crippen molar-refractivity contribution < 1.29 is 14.9 Å². The Bertz CT molecular complexity index is 1120. The number of aromatic nitrogens is 1. The summed E-state index contributed by atoms with van der Waals surface area (Å²) >= 11 is 0. The number of unbranched alkanes of at least 4 members (excludes halogenated alkanes) is 3. The second-order valence-electron chi connectivity index (χ2n) is 9.23. The zero-order valence-electron chi connectivity index (χ0n) is 19.3. The van der Waals surface area contributed by atoms with Crippen LogP contribution in [0.3, 0.4) is 0 Å². The smallest absolute Gasteiger partial charge is 0.248 e. The van der Waals surface area contributed by atoms with E-state index in [1.165, 1.54) is 42.5 Å². The Kier molecular flexibility index (Phi) is 7.48. The van der Waals surface area contributed by atoms with Crippen LogP contribution in [0.2, 0.25) is 0 Å². The normalized spacial score (nSPS) is 15.6. The summed E-state index contributed by atoms with van der Waals surface area (Å²) in [5.74, 6) is 0.0109. The lowest BCUT2D eigenvalue weighted by molar-refractivity contribution is 0.0599. The number of phenols is 1. The fourth-order valence-corrected chi connectivity index (χ4v) is 4.85. The summed E-state index contributed by atoms with van der Waals surface area (Å²) in [6.07, 6.45) is 5.52. The van der Waals surface area contributed by atoms with E-state index in [0.29, 0.717) is 24.2 Å². The predicted molar refractivity (Wildman–Crippen MR) is 131 cm³/mol. The highest BCUT2D eigenvalue weighted by Crippen LogP contribution is 2.32. The molecule has 0 saturated carbocycles. The molecule has 1 aliphatic rings. The summed E-state index contributed by atoms with van der Waals surface area (Å²) in [6, 6.07) is 14.6. The van der Waals surface area contributed by atoms with Crippen LogP contribution in [-0.4, -0.2) is 40.5 Å². The number of benzene rings is 2. The topological polar surface area (TPSA) is 94.6 Å². The molecule has 4 rings (SSSR count). The number of aliphatic hydroxyl groups is 1. The fourth-order valence-electron chi connectivity index (χ4n) is 4.85. The van der Waals surface area contributed by atoms with Crippen LogP contribution in [0.4, 0.5) is 0 Å². The van der Waals surface area contributed by atoms with Crippen molar-refractivity contribution in [3.8, 4) is 5.75 Å². The van der Waals surface area contributed by atoms with E-state index in [4.69, 9.17) is 4.74 Å². The molecule has 0 spiro atoms. The lowest BCUT2D eigenvalue weighted by atomic mass is 9.95. The number of aromatic amines is 1. The minimum atomic E-state index is -0.851. The number of aromatic hydroxyl groups is 1. The third-order valence-electron chi connectivity index (χ3n) is 6.58. The molecular weight excluding hydrogens is 416 g/mol. The Labute approximate surface area is 194 Å². The first-order valence-electron chi connectivity index (χ1n) is 11.9. The Hall–Kier alpha value is -2.67. The van der Waals surface area contributed by atoms with Crippen LogP contribution in [0.25, 0.3) is 10.9 Å². The number of hydrogen-bond acceptors (Lipinski definition) is 5. The fraction of sp³-hybridized carbons (Fsp3) is 0.444. The molecule has 6 nitrogen and oxygen atoms in total. The maximum absolute atomic E-state index is 11.7. The maximum Gasteiger partial charge on any atom is 0.248 e. The highest BCUT2D eigenvalue weighted by molar-refractivity contribution is 5.84. The van der Waals surface area contributed by atoms with Crippen molar-refractivity contribution in [3.05, 3.63) is 75.6 Å². The van der Waals surface area contributed by atoms with E-state index < -0.39 is 6.10 Å². The number of pyridine rings is 1. The quantitative estimate of drug-likeness (QED) is 0.332. The second kappa shape index (κ2) is 10.5. The number of H-pyrrole nitrogens is 1. The van der Waals surface area contributed by atoms with Gasteiger partial charge in [-0.25, -0.2) is 0 Å². The van der Waals surface area contributed by atoms with Crippen molar-refractivity contribution in [2.24, 2.45) is 0 Å². The standard InChI is InChI=1S/C27H34N2O4/c1-2-3-4-7-12-33-18-27(15-19-8-5-6-9-20(19)16-27)28-17-25(31)23-13-21(30)14-24-22(23)10-11-26(32)29-24/h5-6,8-11,13-14,25,28,30-31H,2-4,7,12,15-18H2,1H3,(H,29,32)/t25-/m0/s1. The average Bonchev–Trinajstić information content (AvgIpc) is 3.17. The lowest BCUT2D eigenvalue weighted by Crippen LogP contribution is -2.51. The number of ether oxygens (including phenoxy) is 1. The first-order chi connectivity index (χ1) is 16.0. The number of nitrogens with one attached hydrogen (secondary N) is 2. The SMILES string of the molecule is CCCCCCOCC1(NC[C@H](O)c2cc(O)cc3[nH]c(=O)ccc23)Cc2ccccc2C1. The van der Waals surface area contributed by atoms with Gasteiger partial charge in [0.25, 0.3) is 0 Å². The molecule has 2 aromatic carbocycles. The molecule has 6 heteroatoms. The van der Waals surface area contributed by atoms with Gasteiger partial charge in [0.2, 0.25) is 5.56 Å². The van der Waals surface area contributed by atoms with E-state index in [0.717, 1.165) is 31.3 Å². The van der Waals surface area contributed by atoms with Gasteiger partial charge in [-0.1, -0.05) is 50.5 Å². The van der Waals surface area contributed by atoms with Gasteiger partial charge in [-0.3, -0.25) is 4.79 Å². The van der Waals surface area contributed by atoms with Crippen LogP contribution >= 0.6 is 0 Å². The van der Waals surface area contributed by atoms with Gasteiger partial charge < -0.3 is 25.3 Å². The zero-order valence-corrected chi connectivity index (χ0v) is 19.3. The second-order valence-corrected chi connectivity index (χ2v) is 9.23. The molecule has 0 saturated heterocycles. The molecule has 3 aromatic rings. The van der Waals surface area contributed by atoms with Gasteiger partial charge in [-0.2, -0.15) is 0 Å². The molecule has 1 atom stereocenters. The van der Waals surface area contributed by atoms with Gasteiger partial charge in [0, 0.05) is 36.2 Å². The molecule has 176 valence electrons. The van der Waals surface area contributed by atoms with Crippen LogP contribution in [0.1, 0.15) is 55.4 Å². The van der Waals surface area contributed by atoms with E-state index in [1.807, 2.05) is 0 Å². The van der Waals surface area contributed by atoms with Crippen molar-refractivity contribution >= 4 is 10.9 Å². The molecule has 0 bridgehead atoms. The van der Waals surface area contributed by atoms with Gasteiger partial charge in [-0.05, 0) is 48.1 Å². The number of rotatable bonds is 11. The Morgan fingerprint density at radius 1 is 1.09 bits per heavy atom. The van der Waals surface area contributed by atoms with Crippen molar-refractivity contribution in [2.45, 2.75) is 57.1 Å². The van der Waals surface area contributed by atoms with Crippen LogP contribution in [0.5, 0.6) is 5.75 Å². The summed E-state index contributed by atoms with van der Waals surface area (Å²) in [4.78, 5) is 14.4. The Balaban J connectivity index is 1.48. The van der Waals surface area contributed by atoms with Crippen LogP contribution in [-0.2, 0) is 17.6 Å². The molecule has 0 radical (unpaired) electrons. The van der Waals surface area contributed by atoms with E-state index >= 15 is 0 Å². The molecule has 1 heterocycles. The third kappa shape index (κ3) is 5.64. The molecule has 33 heavy (non-hydrogen) atoms. The van der Waals surface area contributed by atoms with E-state index in [2.05, 4.69) is 41.5 Å². The largest absolute Gasteiger partial charge is 0.508 e. The predicted octanol–water partition coefficient (Wildman–Crippen LogP) is 3.99. The molecule has 0 unspecified atom stereocenters. The number of hydrogen-bond donors (Lipinski definition) is 4. The highest BCUT2D eigenvalue weighted by atomic mass is 16.5. The van der Waals surface area contributed by atoms with Gasteiger partial charge >= 0.3 is 0 Å². The van der Waals surface area contributed by atoms with Crippen molar-refractivity contribution in [1.29, 1.82) is 0 Å². The minimum absolute atomic E-state index is 0.0109. The van der Waals surface area contributed by atoms with Crippen molar-refractivity contribution in [3.63, 3.8) is 0 Å². The van der Waals surface area contributed by atoms with Crippen LogP contribution in [0, 0.1) is 0 Å². The summed E-state index contributed by atoms with van der Waals surface area (Å²) in [5.41, 5.74) is 3.19. The molecule has 0 fully saturated rings. The van der Waals surface area contributed by atoms with Crippen molar-refractivity contribution in [2.75, 3.05) is 19.8 Å². The van der Waals surface area contributed by atoms with Crippen molar-refractivity contribution in [1.82, 2.24) is 10.3 Å². The first kappa shape index (κ1) is 23.5. The molecule has 4 N–H and O–H groups in total. The van der Waals surface area contributed by atoms with Crippen LogP contribution < -0.4 is 10.9 Å². The molecule has 0 amide bonds. The third-order valence-corrected chi connectivity index (χ3v) is 6.58. The first-order valence-corrected chi connectivity index (χ1v) is 11.9. The Morgan fingerprint density at radius 3 is 2.58 bits per heavy atom. The van der Waals surface area contributed by atoms with Gasteiger partial charge in [0.05, 0.1) is 18.2 Å². The van der Waals surface area contributed by atoms with E-state index in [9.17, 15) is 15.0 Å². The van der Waals surface area contributed by atoms with E-state index in [1.54, 1.807) is 12.1 Å². The van der Waals surface area contributed by atoms with Crippen LogP contribution in [0.15, 0.2) is 53.3 Å². The number of phenolic OH excluding ortho intramolecular Hbond substituents is 1. The molecular formula is C27H34N2O4. The van der Waals surface area contributed by atoms with E-state index in [-0.39, 0.29) is 16.8 Å². The number of fused-ring (bicyclic) bond motifs is 2. The highest BCUT2D eigenvalue weighted by Gasteiger charge is 2.37. The summed E-state index contributed by atoms with van der Waals surface area (Å²) in [7, 11) is 0. The lowest BCUT2D eigenvalue weighted by Gasteiger charge is -2.32. The van der Waals surface area contributed by atoms with Gasteiger partial charge in [-0.15, -0.1) is 0 Å². The summed E-state index contributed by atoms with van der Waals surface area (Å²) in [6.45, 7) is 3.83. The zero-order chi connectivity index (χ0) is 23.3.